The number of carbonyl (C=O) groups excluding carboxylic acids is 2. The number of halogens is 5. The summed E-state index contributed by atoms with van der Waals surface area (Å²) in [6, 6.07) is 7.11. The lowest BCUT2D eigenvalue weighted by atomic mass is 9.84. The fourth-order valence-corrected chi connectivity index (χ4v) is 4.28. The monoisotopic (exact) mass is 511 g/mol. The van der Waals surface area contributed by atoms with E-state index in [0.29, 0.717) is 11.6 Å². The molecule has 0 atom stereocenters. The lowest BCUT2D eigenvalue weighted by molar-refractivity contribution is -0.137. The molecule has 1 amide bonds. The Labute approximate surface area is 204 Å². The highest BCUT2D eigenvalue weighted by Gasteiger charge is 2.52. The molecule has 1 fully saturated rings. The van der Waals surface area contributed by atoms with Gasteiger partial charge in [0.1, 0.15) is 17.0 Å². The lowest BCUT2D eigenvalue weighted by Gasteiger charge is -2.47. The molecule has 0 unspecified atom stereocenters. The molecule has 1 spiro atoms. The molecule has 0 bridgehead atoms. The van der Waals surface area contributed by atoms with Crippen LogP contribution in [-0.4, -0.2) is 41.6 Å². The number of carbonyl (C=O) groups is 2. The average molecular weight is 512 g/mol. The number of nitrogens with zero attached hydrogens (tertiary/aromatic N) is 1. The molecular weight excluding hydrogens is 490 g/mol. The Kier molecular flexibility index (Phi) is 6.22. The molecule has 10 heteroatoms. The van der Waals surface area contributed by atoms with Crippen molar-refractivity contribution in [2.45, 2.75) is 44.8 Å². The van der Waals surface area contributed by atoms with Gasteiger partial charge in [0, 0.05) is 5.56 Å². The average Bonchev–Trinajstić information content (AvgIpc) is 3.10. The number of ketones is 1. The van der Waals surface area contributed by atoms with Crippen LogP contribution in [0.5, 0.6) is 0 Å². The van der Waals surface area contributed by atoms with Crippen LogP contribution in [0.4, 0.5) is 22.4 Å². The highest BCUT2D eigenvalue weighted by molar-refractivity contribution is 6.31. The normalized spacial score (nSPS) is 17.3. The standard InChI is InChI=1S/C25H22ClF4NO4/c1-23(2,3)35-22(33)31-12-24(13-31)17-6-4-15(8-16(17)11-34-24)21(32)10-18(25(28,29)30)14-5-7-20(27)19(26)9-14/h4-10H,11-13H2,1-3H3/b18-10-. The van der Waals surface area contributed by atoms with Crippen LogP contribution in [0.2, 0.25) is 5.02 Å². The van der Waals surface area contributed by atoms with Gasteiger partial charge in [-0.15, -0.1) is 0 Å². The summed E-state index contributed by atoms with van der Waals surface area (Å²) < 4.78 is 65.7. The Morgan fingerprint density at radius 2 is 1.74 bits per heavy atom. The zero-order valence-electron chi connectivity index (χ0n) is 19.1. The van der Waals surface area contributed by atoms with Crippen molar-refractivity contribution >= 4 is 29.1 Å². The Morgan fingerprint density at radius 1 is 1.09 bits per heavy atom. The van der Waals surface area contributed by atoms with Crippen molar-refractivity contribution in [2.24, 2.45) is 0 Å². The minimum Gasteiger partial charge on any atom is -0.444 e. The molecule has 0 saturated carbocycles. The maximum absolute atomic E-state index is 13.7. The van der Waals surface area contributed by atoms with Gasteiger partial charge in [-0.25, -0.2) is 9.18 Å². The van der Waals surface area contributed by atoms with E-state index in [-0.39, 0.29) is 25.3 Å². The summed E-state index contributed by atoms with van der Waals surface area (Å²) in [6.45, 7) is 6.00. The zero-order valence-corrected chi connectivity index (χ0v) is 19.9. The van der Waals surface area contributed by atoms with E-state index in [0.717, 1.165) is 23.8 Å². The van der Waals surface area contributed by atoms with Crippen molar-refractivity contribution in [3.05, 3.63) is 75.6 Å². The van der Waals surface area contributed by atoms with Gasteiger partial charge in [0.2, 0.25) is 0 Å². The largest absolute Gasteiger partial charge is 0.444 e. The van der Waals surface area contributed by atoms with Crippen LogP contribution in [0.15, 0.2) is 42.5 Å². The maximum atomic E-state index is 13.7. The lowest BCUT2D eigenvalue weighted by Crippen LogP contribution is -2.61. The Morgan fingerprint density at radius 3 is 2.34 bits per heavy atom. The SMILES string of the molecule is CC(C)(C)OC(=O)N1CC2(C1)OCc1cc(C(=O)/C=C(/c3ccc(F)c(Cl)c3)C(F)(F)F)ccc12. The predicted octanol–water partition coefficient (Wildman–Crippen LogP) is 6.28. The van der Waals surface area contributed by atoms with Crippen molar-refractivity contribution in [1.29, 1.82) is 0 Å². The zero-order chi connectivity index (χ0) is 25.8. The molecule has 1 saturated heterocycles. The van der Waals surface area contributed by atoms with Crippen LogP contribution < -0.4 is 0 Å². The van der Waals surface area contributed by atoms with Gasteiger partial charge in [-0.05, 0) is 61.7 Å². The number of rotatable bonds is 3. The molecule has 186 valence electrons. The van der Waals surface area contributed by atoms with E-state index >= 15 is 0 Å². The van der Waals surface area contributed by atoms with Gasteiger partial charge in [0.15, 0.2) is 5.78 Å². The van der Waals surface area contributed by atoms with Crippen molar-refractivity contribution < 1.29 is 36.6 Å². The number of benzene rings is 2. The highest BCUT2D eigenvalue weighted by Crippen LogP contribution is 2.44. The second-order valence-electron chi connectivity index (χ2n) is 9.54. The first-order chi connectivity index (χ1) is 16.2. The maximum Gasteiger partial charge on any atom is 0.417 e. The van der Waals surface area contributed by atoms with Gasteiger partial charge in [0.05, 0.1) is 30.3 Å². The Hall–Kier alpha value is -2.91. The van der Waals surface area contributed by atoms with E-state index in [1.54, 1.807) is 26.8 Å². The van der Waals surface area contributed by atoms with E-state index in [1.807, 2.05) is 0 Å². The van der Waals surface area contributed by atoms with Crippen LogP contribution in [0.25, 0.3) is 5.57 Å². The van der Waals surface area contributed by atoms with Gasteiger partial charge in [0.25, 0.3) is 0 Å². The first kappa shape index (κ1) is 25.2. The molecule has 2 aromatic rings. The summed E-state index contributed by atoms with van der Waals surface area (Å²) in [7, 11) is 0. The van der Waals surface area contributed by atoms with Crippen LogP contribution >= 0.6 is 11.6 Å². The Balaban J connectivity index is 1.56. The van der Waals surface area contributed by atoms with Crippen LogP contribution in [-0.2, 0) is 21.7 Å². The van der Waals surface area contributed by atoms with Gasteiger partial charge in [-0.3, -0.25) is 4.79 Å². The molecule has 0 N–H and O–H groups in total. The number of hydrogen-bond donors (Lipinski definition) is 0. The molecule has 35 heavy (non-hydrogen) atoms. The summed E-state index contributed by atoms with van der Waals surface area (Å²) in [5.74, 6) is -1.73. The van der Waals surface area contributed by atoms with Gasteiger partial charge < -0.3 is 14.4 Å². The Bertz CT molecular complexity index is 1230. The molecule has 2 aromatic carbocycles. The molecule has 0 radical (unpaired) electrons. The topological polar surface area (TPSA) is 55.8 Å². The third kappa shape index (κ3) is 5.06. The van der Waals surface area contributed by atoms with E-state index in [2.05, 4.69) is 0 Å². The summed E-state index contributed by atoms with van der Waals surface area (Å²) >= 11 is 5.63. The first-order valence-corrected chi connectivity index (χ1v) is 11.1. The van der Waals surface area contributed by atoms with Crippen molar-refractivity contribution in [3.63, 3.8) is 0 Å². The fraction of sp³-hybridized carbons (Fsp3) is 0.360. The van der Waals surface area contributed by atoms with Crippen molar-refractivity contribution in [1.82, 2.24) is 4.90 Å². The summed E-state index contributed by atoms with van der Waals surface area (Å²) in [6.07, 6.45) is -4.85. The fourth-order valence-electron chi connectivity index (χ4n) is 4.10. The second kappa shape index (κ2) is 8.64. The van der Waals surface area contributed by atoms with Gasteiger partial charge in [-0.1, -0.05) is 29.8 Å². The minimum absolute atomic E-state index is 0.0441. The van der Waals surface area contributed by atoms with Gasteiger partial charge in [-0.2, -0.15) is 13.2 Å². The number of allylic oxidation sites excluding steroid dienone is 2. The third-order valence-corrected chi connectivity index (χ3v) is 6.03. The number of ether oxygens (including phenoxy) is 2. The molecule has 2 aliphatic rings. The van der Waals surface area contributed by atoms with E-state index in [9.17, 15) is 27.2 Å². The minimum atomic E-state index is -4.86. The van der Waals surface area contributed by atoms with Gasteiger partial charge >= 0.3 is 12.3 Å². The smallest absolute Gasteiger partial charge is 0.417 e. The molecule has 0 aliphatic carbocycles. The van der Waals surface area contributed by atoms with E-state index in [1.165, 1.54) is 17.0 Å². The predicted molar refractivity (Wildman–Crippen MR) is 120 cm³/mol. The number of alkyl halides is 3. The molecule has 4 rings (SSSR count). The molecule has 0 aromatic heterocycles. The van der Waals surface area contributed by atoms with E-state index < -0.39 is 51.2 Å². The van der Waals surface area contributed by atoms with Crippen molar-refractivity contribution in [3.8, 4) is 0 Å². The van der Waals surface area contributed by atoms with E-state index in [4.69, 9.17) is 21.1 Å². The molecule has 2 aliphatic heterocycles. The van der Waals surface area contributed by atoms with Crippen LogP contribution in [0.3, 0.4) is 0 Å². The van der Waals surface area contributed by atoms with Crippen molar-refractivity contribution in [2.75, 3.05) is 13.1 Å². The summed E-state index contributed by atoms with van der Waals surface area (Å²) in [5, 5.41) is -0.481. The third-order valence-electron chi connectivity index (χ3n) is 5.74. The summed E-state index contributed by atoms with van der Waals surface area (Å²) in [4.78, 5) is 26.5. The summed E-state index contributed by atoms with van der Waals surface area (Å²) in [5.41, 5.74) is -1.53. The molecule has 5 nitrogen and oxygen atoms in total. The number of amides is 1. The number of fused-ring (bicyclic) bond motifs is 2. The number of hydrogen-bond acceptors (Lipinski definition) is 4. The quantitative estimate of drug-likeness (QED) is 0.276. The molecular formula is C25H22ClF4NO4. The van der Waals surface area contributed by atoms with Crippen LogP contribution in [0.1, 0.15) is 47.8 Å². The highest BCUT2D eigenvalue weighted by atomic mass is 35.5. The molecule has 2 heterocycles. The number of likely N-dealkylation sites (tertiary alicyclic amines) is 1. The van der Waals surface area contributed by atoms with Crippen LogP contribution in [0, 0.1) is 5.82 Å². The first-order valence-electron chi connectivity index (χ1n) is 10.7. The second-order valence-corrected chi connectivity index (χ2v) is 9.95.